The third-order valence-corrected chi connectivity index (χ3v) is 3.31. The largest absolute Gasteiger partial charge is 0.502 e. The summed E-state index contributed by atoms with van der Waals surface area (Å²) in [5.41, 5.74) is 2.28. The molecule has 26 heavy (non-hydrogen) atoms. The van der Waals surface area contributed by atoms with Crippen LogP contribution in [-0.4, -0.2) is 28.1 Å². The lowest BCUT2D eigenvalue weighted by atomic mass is 10.2. The van der Waals surface area contributed by atoms with E-state index in [1.165, 1.54) is 25.1 Å². The van der Waals surface area contributed by atoms with Crippen LogP contribution in [0.25, 0.3) is 0 Å². The van der Waals surface area contributed by atoms with E-state index in [-0.39, 0.29) is 22.1 Å². The molecule has 0 aliphatic carbocycles. The van der Waals surface area contributed by atoms with Crippen LogP contribution in [0.3, 0.4) is 0 Å². The van der Waals surface area contributed by atoms with Crippen molar-refractivity contribution in [3.05, 3.63) is 62.7 Å². The maximum Gasteiger partial charge on any atom is 0.312 e. The second kappa shape index (κ2) is 8.08. The van der Waals surface area contributed by atoms with Crippen LogP contribution in [0.4, 0.5) is 11.4 Å². The number of hydrogen-bond acceptors (Lipinski definition) is 6. The van der Waals surface area contributed by atoms with Gasteiger partial charge < -0.3 is 10.4 Å². The molecule has 0 heterocycles. The molecule has 0 saturated heterocycles. The van der Waals surface area contributed by atoms with E-state index in [0.717, 1.165) is 12.3 Å². The maximum atomic E-state index is 12.1. The average Bonchev–Trinajstić information content (AvgIpc) is 2.56. The number of phenolic OH excluding ortho intramolecular Hbond substituents is 1. The molecule has 0 atom stereocenters. The number of nitrogens with one attached hydrogen (secondary N) is 2. The Bertz CT molecular complexity index is 914. The number of nitro benzene ring substituents is 1. The number of aromatic hydroxyl groups is 1. The van der Waals surface area contributed by atoms with E-state index in [9.17, 15) is 24.8 Å². The van der Waals surface area contributed by atoms with E-state index in [0.29, 0.717) is 5.69 Å². The highest BCUT2D eigenvalue weighted by atomic mass is 35.5. The molecule has 0 bridgehead atoms. The van der Waals surface area contributed by atoms with Gasteiger partial charge in [0.1, 0.15) is 0 Å². The second-order valence-corrected chi connectivity index (χ2v) is 5.52. The van der Waals surface area contributed by atoms with E-state index < -0.39 is 22.3 Å². The smallest absolute Gasteiger partial charge is 0.312 e. The van der Waals surface area contributed by atoms with Crippen molar-refractivity contribution in [3.8, 4) is 5.75 Å². The minimum absolute atomic E-state index is 0.0310. The molecule has 9 nitrogen and oxygen atoms in total. The number of amides is 2. The molecule has 3 N–H and O–H groups in total. The molecule has 0 aromatic heterocycles. The van der Waals surface area contributed by atoms with E-state index in [1.807, 2.05) is 0 Å². The van der Waals surface area contributed by atoms with Gasteiger partial charge in [-0.25, -0.2) is 5.43 Å². The third kappa shape index (κ3) is 4.77. The predicted molar refractivity (Wildman–Crippen MR) is 95.6 cm³/mol. The van der Waals surface area contributed by atoms with Crippen LogP contribution in [0.1, 0.15) is 22.8 Å². The van der Waals surface area contributed by atoms with Gasteiger partial charge in [0.15, 0.2) is 0 Å². The summed E-state index contributed by atoms with van der Waals surface area (Å²) < 4.78 is 0. The summed E-state index contributed by atoms with van der Waals surface area (Å²) in [7, 11) is 0. The number of phenols is 1. The number of nitro groups is 1. The summed E-state index contributed by atoms with van der Waals surface area (Å²) in [6.07, 6.45) is 1.03. The number of hydrazone groups is 1. The summed E-state index contributed by atoms with van der Waals surface area (Å²) in [6.45, 7) is 1.34. The van der Waals surface area contributed by atoms with Crippen molar-refractivity contribution >= 4 is 41.0 Å². The van der Waals surface area contributed by atoms with Gasteiger partial charge in [0, 0.05) is 34.8 Å². The number of rotatable bonds is 5. The van der Waals surface area contributed by atoms with Crippen LogP contribution in [0, 0.1) is 10.1 Å². The quantitative estimate of drug-likeness (QED) is 0.419. The van der Waals surface area contributed by atoms with Crippen molar-refractivity contribution in [2.24, 2.45) is 5.10 Å². The van der Waals surface area contributed by atoms with E-state index in [4.69, 9.17) is 11.6 Å². The lowest BCUT2D eigenvalue weighted by molar-refractivity contribution is -0.385. The number of anilines is 1. The number of carbonyl (C=O) groups excluding carboxylic acids is 2. The average molecular weight is 377 g/mol. The van der Waals surface area contributed by atoms with Crippen molar-refractivity contribution < 1.29 is 19.6 Å². The van der Waals surface area contributed by atoms with Gasteiger partial charge in [-0.1, -0.05) is 17.7 Å². The van der Waals surface area contributed by atoms with Gasteiger partial charge in [0.2, 0.25) is 11.7 Å². The Balaban J connectivity index is 2.15. The molecule has 0 saturated carbocycles. The fourth-order valence-corrected chi connectivity index (χ4v) is 2.23. The van der Waals surface area contributed by atoms with Gasteiger partial charge in [-0.2, -0.15) is 5.10 Å². The highest BCUT2D eigenvalue weighted by Gasteiger charge is 2.17. The van der Waals surface area contributed by atoms with Crippen molar-refractivity contribution in [1.82, 2.24) is 5.43 Å². The molecular weight excluding hydrogens is 364 g/mol. The molecule has 2 amide bonds. The van der Waals surface area contributed by atoms with Crippen LogP contribution in [0.15, 0.2) is 41.5 Å². The molecule has 2 aromatic carbocycles. The first-order valence-corrected chi connectivity index (χ1v) is 7.53. The lowest BCUT2D eigenvalue weighted by Gasteiger charge is -2.05. The Morgan fingerprint density at radius 2 is 2.04 bits per heavy atom. The lowest BCUT2D eigenvalue weighted by Crippen LogP contribution is -2.18. The standard InChI is InChI=1S/C16H13ClN4O5/c1-9(22)19-13-4-2-3-10(6-13)16(24)20-18-8-11-5-12(17)7-14(15(11)23)21(25)26/h2-8,23H,1H3,(H,19,22)(H,20,24)/b18-8-. The van der Waals surface area contributed by atoms with Gasteiger partial charge in [0.25, 0.3) is 5.91 Å². The molecule has 0 spiro atoms. The molecule has 2 rings (SSSR count). The SMILES string of the molecule is CC(=O)Nc1cccc(C(=O)N/N=C\c2cc(Cl)cc([N+](=O)[O-])c2O)c1. The summed E-state index contributed by atoms with van der Waals surface area (Å²) >= 11 is 5.76. The zero-order chi connectivity index (χ0) is 19.3. The van der Waals surface area contributed by atoms with Gasteiger partial charge in [-0.15, -0.1) is 0 Å². The zero-order valence-corrected chi connectivity index (χ0v) is 14.1. The first-order chi connectivity index (χ1) is 12.3. The molecule has 0 fully saturated rings. The van der Waals surface area contributed by atoms with Crippen LogP contribution in [0.5, 0.6) is 5.75 Å². The summed E-state index contributed by atoms with van der Waals surface area (Å²) in [6, 6.07) is 8.42. The monoisotopic (exact) mass is 376 g/mol. The summed E-state index contributed by atoms with van der Waals surface area (Å²) in [5, 5.41) is 26.9. The number of carbonyl (C=O) groups is 2. The minimum atomic E-state index is -0.787. The van der Waals surface area contributed by atoms with Crippen LogP contribution in [-0.2, 0) is 4.79 Å². The second-order valence-electron chi connectivity index (χ2n) is 5.08. The number of nitrogens with zero attached hydrogens (tertiary/aromatic N) is 2. The molecule has 0 unspecified atom stereocenters. The minimum Gasteiger partial charge on any atom is -0.502 e. The number of benzene rings is 2. The van der Waals surface area contributed by atoms with Crippen molar-refractivity contribution in [2.75, 3.05) is 5.32 Å². The van der Waals surface area contributed by atoms with E-state index in [1.54, 1.807) is 12.1 Å². The van der Waals surface area contributed by atoms with Crippen molar-refractivity contribution in [2.45, 2.75) is 6.92 Å². The maximum absolute atomic E-state index is 12.1. The van der Waals surface area contributed by atoms with Crippen LogP contribution in [0.2, 0.25) is 5.02 Å². The topological polar surface area (TPSA) is 134 Å². The summed E-state index contributed by atoms with van der Waals surface area (Å²) in [4.78, 5) is 33.2. The van der Waals surface area contributed by atoms with Gasteiger partial charge >= 0.3 is 5.69 Å². The third-order valence-electron chi connectivity index (χ3n) is 3.10. The van der Waals surface area contributed by atoms with Gasteiger partial charge in [0.05, 0.1) is 11.1 Å². The van der Waals surface area contributed by atoms with Gasteiger partial charge in [-0.3, -0.25) is 19.7 Å². The zero-order valence-electron chi connectivity index (χ0n) is 13.4. The number of halogens is 1. The first kappa shape index (κ1) is 18.9. The molecule has 0 aliphatic rings. The Labute approximate surface area is 152 Å². The first-order valence-electron chi connectivity index (χ1n) is 7.16. The Hall–Kier alpha value is -3.46. The molecular formula is C16H13ClN4O5. The molecule has 0 aliphatic heterocycles. The predicted octanol–water partition coefficient (Wildman–Crippen LogP) is 2.68. The molecule has 0 radical (unpaired) electrons. The Kier molecular flexibility index (Phi) is 5.86. The van der Waals surface area contributed by atoms with Crippen molar-refractivity contribution in [3.63, 3.8) is 0 Å². The van der Waals surface area contributed by atoms with Crippen molar-refractivity contribution in [1.29, 1.82) is 0 Å². The van der Waals surface area contributed by atoms with Crippen LogP contribution < -0.4 is 10.7 Å². The van der Waals surface area contributed by atoms with Crippen LogP contribution >= 0.6 is 11.6 Å². The molecule has 134 valence electrons. The molecule has 2 aromatic rings. The fourth-order valence-electron chi connectivity index (χ4n) is 2.01. The molecule has 10 heteroatoms. The Morgan fingerprint density at radius 3 is 2.69 bits per heavy atom. The highest BCUT2D eigenvalue weighted by molar-refractivity contribution is 6.31. The van der Waals surface area contributed by atoms with Gasteiger partial charge in [-0.05, 0) is 24.3 Å². The normalized spacial score (nSPS) is 10.5. The Morgan fingerprint density at radius 1 is 1.31 bits per heavy atom. The highest BCUT2D eigenvalue weighted by Crippen LogP contribution is 2.32. The number of hydrogen-bond donors (Lipinski definition) is 3. The fraction of sp³-hybridized carbons (Fsp3) is 0.0625. The van der Waals surface area contributed by atoms with E-state index >= 15 is 0 Å². The van der Waals surface area contributed by atoms with E-state index in [2.05, 4.69) is 15.8 Å². The summed E-state index contributed by atoms with van der Waals surface area (Å²) in [5.74, 6) is -1.48.